The first-order valence-corrected chi connectivity index (χ1v) is 9.65. The molecule has 0 amide bonds. The van der Waals surface area contributed by atoms with E-state index >= 15 is 0 Å². The SMILES string of the molecule is CC(C)=CCCC(C)=CCCC(C)CCc1ccc(/C=C/C(=O)O)cc1. The lowest BCUT2D eigenvalue weighted by molar-refractivity contribution is -0.131. The molecule has 1 aromatic carbocycles. The highest BCUT2D eigenvalue weighted by Crippen LogP contribution is 2.17. The highest BCUT2D eigenvalue weighted by molar-refractivity contribution is 5.85. The number of hydrogen-bond acceptors (Lipinski definition) is 1. The minimum Gasteiger partial charge on any atom is -0.478 e. The van der Waals surface area contributed by atoms with Crippen molar-refractivity contribution in [3.05, 3.63) is 64.8 Å². The van der Waals surface area contributed by atoms with Gasteiger partial charge in [0.2, 0.25) is 0 Å². The van der Waals surface area contributed by atoms with E-state index in [1.165, 1.54) is 48.5 Å². The molecule has 1 atom stereocenters. The maximum atomic E-state index is 10.5. The maximum absolute atomic E-state index is 10.5. The molecule has 0 fully saturated rings. The quantitative estimate of drug-likeness (QED) is 0.349. The van der Waals surface area contributed by atoms with E-state index in [2.05, 4.69) is 52.0 Å². The number of benzene rings is 1. The summed E-state index contributed by atoms with van der Waals surface area (Å²) in [6.07, 6.45) is 14.5. The summed E-state index contributed by atoms with van der Waals surface area (Å²) in [5.74, 6) is -0.201. The number of carboxylic acid groups (broad SMARTS) is 1. The van der Waals surface area contributed by atoms with E-state index in [4.69, 9.17) is 5.11 Å². The van der Waals surface area contributed by atoms with Crippen molar-refractivity contribution in [1.29, 1.82) is 0 Å². The van der Waals surface area contributed by atoms with Gasteiger partial charge in [0.25, 0.3) is 0 Å². The zero-order chi connectivity index (χ0) is 19.4. The number of aryl methyl sites for hydroxylation is 1. The van der Waals surface area contributed by atoms with Gasteiger partial charge in [-0.15, -0.1) is 0 Å². The van der Waals surface area contributed by atoms with Crippen molar-refractivity contribution in [3.63, 3.8) is 0 Å². The highest BCUT2D eigenvalue weighted by Gasteiger charge is 2.03. The van der Waals surface area contributed by atoms with Crippen LogP contribution in [0.1, 0.15) is 70.9 Å². The first kappa shape index (κ1) is 22.0. The Morgan fingerprint density at radius 3 is 2.35 bits per heavy atom. The van der Waals surface area contributed by atoms with Gasteiger partial charge in [-0.3, -0.25) is 0 Å². The van der Waals surface area contributed by atoms with Gasteiger partial charge >= 0.3 is 5.97 Å². The molecule has 1 N–H and O–H groups in total. The zero-order valence-corrected chi connectivity index (χ0v) is 16.8. The molecule has 0 saturated heterocycles. The lowest BCUT2D eigenvalue weighted by Crippen LogP contribution is -1.97. The van der Waals surface area contributed by atoms with Gasteiger partial charge in [-0.05, 0) is 82.4 Å². The fraction of sp³-hybridized carbons (Fsp3) is 0.458. The summed E-state index contributed by atoms with van der Waals surface area (Å²) in [5.41, 5.74) is 5.15. The van der Waals surface area contributed by atoms with Crippen molar-refractivity contribution in [1.82, 2.24) is 0 Å². The number of carbonyl (C=O) groups is 1. The first-order valence-electron chi connectivity index (χ1n) is 9.65. The maximum Gasteiger partial charge on any atom is 0.328 e. The van der Waals surface area contributed by atoms with Gasteiger partial charge < -0.3 is 5.11 Å². The average molecular weight is 355 g/mol. The molecular formula is C24H34O2. The van der Waals surface area contributed by atoms with Crippen molar-refractivity contribution >= 4 is 12.0 Å². The molecule has 0 aliphatic carbocycles. The van der Waals surface area contributed by atoms with Crippen LogP contribution in [0.15, 0.2) is 53.6 Å². The van der Waals surface area contributed by atoms with Crippen molar-refractivity contribution in [2.45, 2.75) is 66.2 Å². The van der Waals surface area contributed by atoms with Crippen molar-refractivity contribution in [2.75, 3.05) is 0 Å². The minimum atomic E-state index is -0.913. The van der Waals surface area contributed by atoms with Crippen LogP contribution < -0.4 is 0 Å². The molecule has 0 aliphatic heterocycles. The van der Waals surface area contributed by atoms with Gasteiger partial charge in [-0.1, -0.05) is 54.5 Å². The Morgan fingerprint density at radius 2 is 1.73 bits per heavy atom. The van der Waals surface area contributed by atoms with Gasteiger partial charge in [0.15, 0.2) is 0 Å². The van der Waals surface area contributed by atoms with E-state index in [0.29, 0.717) is 5.92 Å². The Labute approximate surface area is 159 Å². The Bertz CT molecular complexity index is 629. The van der Waals surface area contributed by atoms with Crippen LogP contribution in [-0.4, -0.2) is 11.1 Å². The van der Waals surface area contributed by atoms with Crippen molar-refractivity contribution in [3.8, 4) is 0 Å². The molecule has 0 saturated carbocycles. The smallest absolute Gasteiger partial charge is 0.328 e. The summed E-state index contributed by atoms with van der Waals surface area (Å²) in [7, 11) is 0. The normalized spacial score (nSPS) is 13.0. The second-order valence-electron chi connectivity index (χ2n) is 7.50. The Balaban J connectivity index is 2.30. The molecule has 1 rings (SSSR count). The minimum absolute atomic E-state index is 0.711. The molecule has 0 radical (unpaired) electrons. The van der Waals surface area contributed by atoms with Gasteiger partial charge in [-0.25, -0.2) is 4.79 Å². The van der Waals surface area contributed by atoms with Crippen LogP contribution in [0.3, 0.4) is 0 Å². The Morgan fingerprint density at radius 1 is 1.04 bits per heavy atom. The third kappa shape index (κ3) is 10.7. The van der Waals surface area contributed by atoms with Crippen molar-refractivity contribution < 1.29 is 9.90 Å². The summed E-state index contributed by atoms with van der Waals surface area (Å²) < 4.78 is 0. The van der Waals surface area contributed by atoms with Gasteiger partial charge in [0.1, 0.15) is 0 Å². The Hall–Kier alpha value is -2.09. The summed E-state index contributed by atoms with van der Waals surface area (Å²) in [6.45, 7) is 8.88. The van der Waals surface area contributed by atoms with Crippen LogP contribution in [0.25, 0.3) is 6.08 Å². The monoisotopic (exact) mass is 354 g/mol. The van der Waals surface area contributed by atoms with E-state index in [0.717, 1.165) is 18.4 Å². The third-order valence-corrected chi connectivity index (χ3v) is 4.57. The standard InChI is InChI=1S/C24H34O2/c1-19(2)7-5-8-20(3)9-6-10-21(4)11-12-22-13-15-23(16-14-22)17-18-24(25)26/h7,9,13-18,21H,5-6,8,10-12H2,1-4H3,(H,25,26)/b18-17+,20-9?. The predicted octanol–water partition coefficient (Wildman–Crippen LogP) is 6.83. The summed E-state index contributed by atoms with van der Waals surface area (Å²) in [4.78, 5) is 10.5. The second-order valence-corrected chi connectivity index (χ2v) is 7.50. The predicted molar refractivity (Wildman–Crippen MR) is 112 cm³/mol. The lowest BCUT2D eigenvalue weighted by atomic mass is 9.95. The Kier molecular flexibility index (Phi) is 10.4. The number of hydrogen-bond donors (Lipinski definition) is 1. The molecule has 2 nitrogen and oxygen atoms in total. The van der Waals surface area contributed by atoms with Crippen LogP contribution in [0.2, 0.25) is 0 Å². The van der Waals surface area contributed by atoms with E-state index in [-0.39, 0.29) is 0 Å². The molecule has 1 aromatic rings. The topological polar surface area (TPSA) is 37.3 Å². The van der Waals surface area contributed by atoms with Crippen LogP contribution in [0.4, 0.5) is 0 Å². The fourth-order valence-corrected chi connectivity index (χ4v) is 2.83. The first-order chi connectivity index (χ1) is 12.4. The molecule has 26 heavy (non-hydrogen) atoms. The summed E-state index contributed by atoms with van der Waals surface area (Å²) >= 11 is 0. The van der Waals surface area contributed by atoms with Gasteiger partial charge in [0.05, 0.1) is 0 Å². The number of allylic oxidation sites excluding steroid dienone is 4. The van der Waals surface area contributed by atoms with Crippen LogP contribution in [0.5, 0.6) is 0 Å². The number of rotatable bonds is 11. The fourth-order valence-electron chi connectivity index (χ4n) is 2.83. The number of aliphatic carboxylic acids is 1. The second kappa shape index (κ2) is 12.3. The molecule has 0 aliphatic rings. The molecule has 142 valence electrons. The molecule has 0 aromatic heterocycles. The average Bonchev–Trinajstić information content (AvgIpc) is 2.58. The summed E-state index contributed by atoms with van der Waals surface area (Å²) in [6, 6.07) is 8.17. The third-order valence-electron chi connectivity index (χ3n) is 4.57. The highest BCUT2D eigenvalue weighted by atomic mass is 16.4. The van der Waals surface area contributed by atoms with E-state index in [1.54, 1.807) is 6.08 Å². The largest absolute Gasteiger partial charge is 0.478 e. The molecule has 1 unspecified atom stereocenters. The van der Waals surface area contributed by atoms with E-state index in [1.807, 2.05) is 12.1 Å². The van der Waals surface area contributed by atoms with Crippen molar-refractivity contribution in [2.24, 2.45) is 5.92 Å². The van der Waals surface area contributed by atoms with Crippen LogP contribution in [-0.2, 0) is 11.2 Å². The molecule has 2 heteroatoms. The van der Waals surface area contributed by atoms with Gasteiger partial charge in [-0.2, -0.15) is 0 Å². The van der Waals surface area contributed by atoms with Gasteiger partial charge in [0, 0.05) is 6.08 Å². The molecule has 0 heterocycles. The van der Waals surface area contributed by atoms with Crippen LogP contribution >= 0.6 is 0 Å². The van der Waals surface area contributed by atoms with Crippen LogP contribution in [0, 0.1) is 5.92 Å². The molecular weight excluding hydrogens is 320 g/mol. The summed E-state index contributed by atoms with van der Waals surface area (Å²) in [5, 5.41) is 8.65. The van der Waals surface area contributed by atoms with E-state index < -0.39 is 5.97 Å². The van der Waals surface area contributed by atoms with E-state index in [9.17, 15) is 4.79 Å². The number of carboxylic acids is 1. The molecule has 0 spiro atoms. The lowest BCUT2D eigenvalue weighted by Gasteiger charge is -2.10. The zero-order valence-electron chi connectivity index (χ0n) is 16.8. The molecule has 0 bridgehead atoms.